The van der Waals surface area contributed by atoms with Gasteiger partial charge in [-0.3, -0.25) is 0 Å². The number of aliphatic hydroxyl groups excluding tert-OH is 1. The molecule has 2 aromatic rings. The molecular formula is C9H13N5O. The Hall–Kier alpha value is -1.53. The molecular weight excluding hydrogens is 194 g/mol. The molecule has 0 radical (unpaired) electrons. The van der Waals surface area contributed by atoms with E-state index in [2.05, 4.69) is 15.1 Å². The van der Waals surface area contributed by atoms with Crippen LogP contribution in [0.4, 0.5) is 0 Å². The number of hydrogen-bond acceptors (Lipinski definition) is 5. The highest BCUT2D eigenvalue weighted by Gasteiger charge is 2.12. The van der Waals surface area contributed by atoms with E-state index in [4.69, 9.17) is 10.8 Å². The highest BCUT2D eigenvalue weighted by Crippen LogP contribution is 2.09. The van der Waals surface area contributed by atoms with Gasteiger partial charge in [0, 0.05) is 19.0 Å². The van der Waals surface area contributed by atoms with Crippen LogP contribution in [0.5, 0.6) is 0 Å². The normalized spacial score (nSPS) is 13.3. The lowest BCUT2D eigenvalue weighted by molar-refractivity contribution is 0.274. The number of rotatable bonds is 3. The molecule has 0 amide bonds. The second-order valence-corrected chi connectivity index (χ2v) is 3.46. The lowest BCUT2D eigenvalue weighted by atomic mass is 10.2. The van der Waals surface area contributed by atoms with Gasteiger partial charge in [-0.05, 0) is 18.9 Å². The lowest BCUT2D eigenvalue weighted by Crippen LogP contribution is -2.13. The fourth-order valence-corrected chi connectivity index (χ4v) is 1.32. The van der Waals surface area contributed by atoms with Crippen molar-refractivity contribution in [2.45, 2.75) is 19.4 Å². The Morgan fingerprint density at radius 3 is 3.13 bits per heavy atom. The molecule has 0 aliphatic rings. The van der Waals surface area contributed by atoms with E-state index in [1.54, 1.807) is 10.7 Å². The van der Waals surface area contributed by atoms with E-state index in [1.165, 1.54) is 0 Å². The maximum absolute atomic E-state index is 8.76. The summed E-state index contributed by atoms with van der Waals surface area (Å²) in [5, 5.41) is 13.0. The van der Waals surface area contributed by atoms with E-state index >= 15 is 0 Å². The van der Waals surface area contributed by atoms with Crippen LogP contribution in [0.3, 0.4) is 0 Å². The molecule has 15 heavy (non-hydrogen) atoms. The van der Waals surface area contributed by atoms with Crippen LogP contribution >= 0.6 is 0 Å². The molecule has 0 spiro atoms. The molecule has 2 aromatic heterocycles. The highest BCUT2D eigenvalue weighted by atomic mass is 16.3. The zero-order valence-corrected chi connectivity index (χ0v) is 8.46. The van der Waals surface area contributed by atoms with Crippen LogP contribution in [0.15, 0.2) is 12.4 Å². The van der Waals surface area contributed by atoms with Gasteiger partial charge in [-0.25, -0.2) is 9.50 Å². The standard InChI is InChI=1S/C9H13N5O/c1-6-4-11-9-12-8(7(10)2-3-15)13-14(9)5-6/h4-5,7,15H,2-3,10H2,1H3. The third-order valence-electron chi connectivity index (χ3n) is 2.11. The van der Waals surface area contributed by atoms with Crippen LogP contribution < -0.4 is 5.73 Å². The van der Waals surface area contributed by atoms with E-state index in [0.717, 1.165) is 5.56 Å². The first-order chi connectivity index (χ1) is 7.20. The van der Waals surface area contributed by atoms with Crippen molar-refractivity contribution in [2.75, 3.05) is 6.61 Å². The fourth-order valence-electron chi connectivity index (χ4n) is 1.32. The predicted octanol–water partition coefficient (Wildman–Crippen LogP) is -0.185. The molecule has 0 fully saturated rings. The lowest BCUT2D eigenvalue weighted by Gasteiger charge is -2.02. The quantitative estimate of drug-likeness (QED) is 0.728. The zero-order valence-electron chi connectivity index (χ0n) is 8.46. The number of nitrogens with two attached hydrogens (primary N) is 1. The van der Waals surface area contributed by atoms with Gasteiger partial charge in [0.2, 0.25) is 0 Å². The monoisotopic (exact) mass is 207 g/mol. The van der Waals surface area contributed by atoms with Crippen molar-refractivity contribution in [3.05, 3.63) is 23.8 Å². The summed E-state index contributed by atoms with van der Waals surface area (Å²) in [4.78, 5) is 8.29. The molecule has 0 saturated heterocycles. The van der Waals surface area contributed by atoms with Crippen molar-refractivity contribution in [3.8, 4) is 0 Å². The maximum Gasteiger partial charge on any atom is 0.252 e. The Kier molecular flexibility index (Phi) is 2.61. The van der Waals surface area contributed by atoms with E-state index in [0.29, 0.717) is 18.0 Å². The Labute approximate surface area is 86.8 Å². The topological polar surface area (TPSA) is 89.3 Å². The molecule has 3 N–H and O–H groups in total. The molecule has 2 heterocycles. The molecule has 0 bridgehead atoms. The molecule has 1 unspecified atom stereocenters. The van der Waals surface area contributed by atoms with E-state index < -0.39 is 0 Å². The molecule has 0 aromatic carbocycles. The molecule has 1 atom stereocenters. The van der Waals surface area contributed by atoms with Crippen LogP contribution in [0, 0.1) is 6.92 Å². The molecule has 0 saturated carbocycles. The summed E-state index contributed by atoms with van der Waals surface area (Å²) in [6.45, 7) is 1.96. The first kappa shape index (κ1) is 10.0. The fraction of sp³-hybridized carbons (Fsp3) is 0.444. The number of hydrogen-bond donors (Lipinski definition) is 2. The molecule has 0 aliphatic carbocycles. The number of nitrogens with zero attached hydrogens (tertiary/aromatic N) is 4. The van der Waals surface area contributed by atoms with Gasteiger partial charge in [0.15, 0.2) is 5.82 Å². The van der Waals surface area contributed by atoms with Gasteiger partial charge in [0.1, 0.15) is 0 Å². The van der Waals surface area contributed by atoms with Crippen molar-refractivity contribution in [3.63, 3.8) is 0 Å². The van der Waals surface area contributed by atoms with Gasteiger partial charge >= 0.3 is 0 Å². The second kappa shape index (κ2) is 3.92. The van der Waals surface area contributed by atoms with Gasteiger partial charge in [0.05, 0.1) is 6.04 Å². The zero-order chi connectivity index (χ0) is 10.8. The Morgan fingerprint density at radius 1 is 1.60 bits per heavy atom. The van der Waals surface area contributed by atoms with Crippen molar-refractivity contribution in [1.82, 2.24) is 19.6 Å². The highest BCUT2D eigenvalue weighted by molar-refractivity contribution is 5.27. The minimum Gasteiger partial charge on any atom is -0.396 e. The van der Waals surface area contributed by atoms with Crippen LogP contribution in [0.1, 0.15) is 23.9 Å². The average molecular weight is 207 g/mol. The number of aromatic nitrogens is 4. The first-order valence-electron chi connectivity index (χ1n) is 4.76. The Bertz CT molecular complexity index is 466. The largest absolute Gasteiger partial charge is 0.396 e. The van der Waals surface area contributed by atoms with Gasteiger partial charge in [-0.15, -0.1) is 5.10 Å². The summed E-state index contributed by atoms with van der Waals surface area (Å²) >= 11 is 0. The van der Waals surface area contributed by atoms with Gasteiger partial charge < -0.3 is 10.8 Å². The minimum absolute atomic E-state index is 0.0309. The average Bonchev–Trinajstić information content (AvgIpc) is 2.60. The Morgan fingerprint density at radius 2 is 2.40 bits per heavy atom. The smallest absolute Gasteiger partial charge is 0.252 e. The van der Waals surface area contributed by atoms with Gasteiger partial charge in [-0.2, -0.15) is 4.98 Å². The predicted molar refractivity (Wildman–Crippen MR) is 54.2 cm³/mol. The summed E-state index contributed by atoms with van der Waals surface area (Å²) in [5.41, 5.74) is 6.79. The SMILES string of the molecule is Cc1cnc2nc(C(N)CCO)nn2c1. The summed E-state index contributed by atoms with van der Waals surface area (Å²) in [7, 11) is 0. The third-order valence-corrected chi connectivity index (χ3v) is 2.11. The van der Waals surface area contributed by atoms with Crippen molar-refractivity contribution in [1.29, 1.82) is 0 Å². The number of fused-ring (bicyclic) bond motifs is 1. The first-order valence-corrected chi connectivity index (χ1v) is 4.76. The van der Waals surface area contributed by atoms with Crippen molar-refractivity contribution in [2.24, 2.45) is 5.73 Å². The van der Waals surface area contributed by atoms with E-state index in [1.807, 2.05) is 13.1 Å². The molecule has 6 heteroatoms. The molecule has 0 aliphatic heterocycles. The van der Waals surface area contributed by atoms with Crippen LogP contribution in [0.2, 0.25) is 0 Å². The molecule has 6 nitrogen and oxygen atoms in total. The van der Waals surface area contributed by atoms with Gasteiger partial charge in [0.25, 0.3) is 5.78 Å². The summed E-state index contributed by atoms with van der Waals surface area (Å²) in [6.07, 6.45) is 4.02. The Balaban J connectivity index is 2.38. The summed E-state index contributed by atoms with van der Waals surface area (Å²) in [6, 6.07) is -0.336. The van der Waals surface area contributed by atoms with Crippen molar-refractivity contribution >= 4 is 5.78 Å². The maximum atomic E-state index is 8.76. The van der Waals surface area contributed by atoms with E-state index in [9.17, 15) is 0 Å². The van der Waals surface area contributed by atoms with E-state index in [-0.39, 0.29) is 12.6 Å². The van der Waals surface area contributed by atoms with Gasteiger partial charge in [-0.1, -0.05) is 0 Å². The third kappa shape index (κ3) is 1.95. The molecule has 80 valence electrons. The summed E-state index contributed by atoms with van der Waals surface area (Å²) < 4.78 is 1.60. The number of aliphatic hydroxyl groups is 1. The van der Waals surface area contributed by atoms with Crippen LogP contribution in [-0.2, 0) is 0 Å². The number of aryl methyl sites for hydroxylation is 1. The minimum atomic E-state index is -0.336. The van der Waals surface area contributed by atoms with Crippen molar-refractivity contribution < 1.29 is 5.11 Å². The van der Waals surface area contributed by atoms with Crippen LogP contribution in [-0.4, -0.2) is 31.3 Å². The second-order valence-electron chi connectivity index (χ2n) is 3.46. The van der Waals surface area contributed by atoms with Crippen LogP contribution in [0.25, 0.3) is 5.78 Å². The summed E-state index contributed by atoms with van der Waals surface area (Å²) in [5.74, 6) is 1.05. The molecule has 2 rings (SSSR count).